The van der Waals surface area contributed by atoms with Crippen LogP contribution in [0.5, 0.6) is 5.75 Å². The Morgan fingerprint density at radius 3 is 2.35 bits per heavy atom. The standard InChI is InChI=1S/C22H29N3O6/c1-30-17-5-3-15(4-6-17)9-12-25-21(28)18(23-22(25)29)14-19(26)24-10-7-16(8-11-24)13-20(27)31-2/h3-6,16,18H,7-14H2,1-2H3,(H,23,29). The van der Waals surface area contributed by atoms with E-state index >= 15 is 0 Å². The van der Waals surface area contributed by atoms with E-state index in [1.807, 2.05) is 24.3 Å². The predicted molar refractivity (Wildman–Crippen MR) is 111 cm³/mol. The number of piperidine rings is 1. The molecule has 168 valence electrons. The molecule has 2 aliphatic heterocycles. The molecule has 1 N–H and O–H groups in total. The third-order valence-corrected chi connectivity index (χ3v) is 5.92. The molecule has 2 heterocycles. The third-order valence-electron chi connectivity index (χ3n) is 5.92. The minimum atomic E-state index is -0.830. The van der Waals surface area contributed by atoms with Gasteiger partial charge in [-0.05, 0) is 42.9 Å². The Bertz CT molecular complexity index is 817. The number of urea groups is 1. The molecule has 4 amide bonds. The second-order valence-corrected chi connectivity index (χ2v) is 7.90. The van der Waals surface area contributed by atoms with Gasteiger partial charge in [-0.25, -0.2) is 4.79 Å². The average Bonchev–Trinajstić information content (AvgIpc) is 3.05. The molecule has 0 spiro atoms. The fraction of sp³-hybridized carbons (Fsp3) is 0.545. The van der Waals surface area contributed by atoms with Gasteiger partial charge in [0.05, 0.1) is 20.6 Å². The number of hydrogen-bond donors (Lipinski definition) is 1. The molecule has 0 radical (unpaired) electrons. The van der Waals surface area contributed by atoms with E-state index in [0.29, 0.717) is 25.9 Å². The summed E-state index contributed by atoms with van der Waals surface area (Å²) in [7, 11) is 2.96. The summed E-state index contributed by atoms with van der Waals surface area (Å²) in [6.45, 7) is 1.33. The number of nitrogens with one attached hydrogen (secondary N) is 1. The number of methoxy groups -OCH3 is 2. The van der Waals surface area contributed by atoms with Crippen molar-refractivity contribution in [2.75, 3.05) is 33.9 Å². The molecule has 1 aromatic rings. The van der Waals surface area contributed by atoms with Crippen LogP contribution < -0.4 is 10.1 Å². The maximum absolute atomic E-state index is 12.7. The monoisotopic (exact) mass is 431 g/mol. The number of imide groups is 1. The van der Waals surface area contributed by atoms with Gasteiger partial charge in [0.1, 0.15) is 11.8 Å². The van der Waals surface area contributed by atoms with E-state index in [9.17, 15) is 19.2 Å². The van der Waals surface area contributed by atoms with E-state index < -0.39 is 12.1 Å². The lowest BCUT2D eigenvalue weighted by atomic mass is 9.93. The highest BCUT2D eigenvalue weighted by atomic mass is 16.5. The number of amides is 4. The second-order valence-electron chi connectivity index (χ2n) is 7.90. The Morgan fingerprint density at radius 1 is 1.06 bits per heavy atom. The molecule has 1 unspecified atom stereocenters. The number of likely N-dealkylation sites (tertiary alicyclic amines) is 1. The molecule has 0 aromatic heterocycles. The molecular formula is C22H29N3O6. The first-order valence-electron chi connectivity index (χ1n) is 10.5. The van der Waals surface area contributed by atoms with Crippen molar-refractivity contribution >= 4 is 23.8 Å². The van der Waals surface area contributed by atoms with Crippen LogP contribution >= 0.6 is 0 Å². The van der Waals surface area contributed by atoms with Gasteiger partial charge in [-0.15, -0.1) is 0 Å². The number of benzene rings is 1. The minimum Gasteiger partial charge on any atom is -0.497 e. The van der Waals surface area contributed by atoms with Crippen LogP contribution in [-0.4, -0.2) is 73.5 Å². The average molecular weight is 431 g/mol. The maximum Gasteiger partial charge on any atom is 0.324 e. The van der Waals surface area contributed by atoms with Gasteiger partial charge in [0, 0.05) is 26.1 Å². The fourth-order valence-corrected chi connectivity index (χ4v) is 3.97. The van der Waals surface area contributed by atoms with Crippen LogP contribution in [0.2, 0.25) is 0 Å². The lowest BCUT2D eigenvalue weighted by Crippen LogP contribution is -2.43. The minimum absolute atomic E-state index is 0.0503. The smallest absolute Gasteiger partial charge is 0.324 e. The Balaban J connectivity index is 1.46. The molecule has 31 heavy (non-hydrogen) atoms. The van der Waals surface area contributed by atoms with E-state index in [0.717, 1.165) is 24.2 Å². The zero-order chi connectivity index (χ0) is 22.4. The molecule has 2 fully saturated rings. The number of rotatable bonds is 8. The van der Waals surface area contributed by atoms with Crippen LogP contribution in [-0.2, 0) is 25.5 Å². The second kappa shape index (κ2) is 10.3. The maximum atomic E-state index is 12.7. The lowest BCUT2D eigenvalue weighted by molar-refractivity contribution is -0.142. The van der Waals surface area contributed by atoms with Crippen LogP contribution in [0.25, 0.3) is 0 Å². The zero-order valence-corrected chi connectivity index (χ0v) is 18.0. The summed E-state index contributed by atoms with van der Waals surface area (Å²) in [5.74, 6) is 0.183. The molecule has 2 aliphatic rings. The van der Waals surface area contributed by atoms with Crippen LogP contribution in [0.4, 0.5) is 4.79 Å². The van der Waals surface area contributed by atoms with Crippen LogP contribution in [0.3, 0.4) is 0 Å². The highest BCUT2D eigenvalue weighted by Gasteiger charge is 2.39. The Kier molecular flexibility index (Phi) is 7.49. The number of hydrogen-bond acceptors (Lipinski definition) is 6. The van der Waals surface area contributed by atoms with Gasteiger partial charge in [-0.3, -0.25) is 19.3 Å². The summed E-state index contributed by atoms with van der Waals surface area (Å²) in [5, 5.41) is 2.63. The van der Waals surface area contributed by atoms with Crippen LogP contribution in [0.15, 0.2) is 24.3 Å². The van der Waals surface area contributed by atoms with Gasteiger partial charge in [0.2, 0.25) is 5.91 Å². The van der Waals surface area contributed by atoms with Gasteiger partial charge >= 0.3 is 12.0 Å². The lowest BCUT2D eigenvalue weighted by Gasteiger charge is -2.32. The van der Waals surface area contributed by atoms with E-state index in [2.05, 4.69) is 5.32 Å². The first-order valence-corrected chi connectivity index (χ1v) is 10.5. The SMILES string of the molecule is COC(=O)CC1CCN(C(=O)CC2NC(=O)N(CCc3ccc(OC)cc3)C2=O)CC1. The Hall–Kier alpha value is -3.10. The normalized spacial score (nSPS) is 19.4. The predicted octanol–water partition coefficient (Wildman–Crippen LogP) is 1.35. The summed E-state index contributed by atoms with van der Waals surface area (Å²) in [4.78, 5) is 51.8. The van der Waals surface area contributed by atoms with Crippen LogP contribution in [0.1, 0.15) is 31.2 Å². The molecule has 9 heteroatoms. The molecule has 2 saturated heterocycles. The molecule has 0 aliphatic carbocycles. The van der Waals surface area contributed by atoms with E-state index in [1.165, 1.54) is 12.0 Å². The number of esters is 1. The first kappa shape index (κ1) is 22.6. The first-order chi connectivity index (χ1) is 14.9. The topological polar surface area (TPSA) is 105 Å². The Morgan fingerprint density at radius 2 is 1.74 bits per heavy atom. The highest BCUT2D eigenvalue weighted by molar-refractivity contribution is 6.05. The molecular weight excluding hydrogens is 402 g/mol. The van der Waals surface area contributed by atoms with E-state index in [1.54, 1.807) is 12.0 Å². The molecule has 9 nitrogen and oxygen atoms in total. The summed E-state index contributed by atoms with van der Waals surface area (Å²) in [5.41, 5.74) is 0.982. The summed E-state index contributed by atoms with van der Waals surface area (Å²) < 4.78 is 9.82. The number of nitrogens with zero attached hydrogens (tertiary/aromatic N) is 2. The molecule has 3 rings (SSSR count). The van der Waals surface area contributed by atoms with Gasteiger partial charge in [0.15, 0.2) is 0 Å². The van der Waals surface area contributed by atoms with Crippen molar-refractivity contribution in [1.29, 1.82) is 0 Å². The van der Waals surface area contributed by atoms with Crippen LogP contribution in [0, 0.1) is 5.92 Å². The molecule has 1 atom stereocenters. The van der Waals surface area contributed by atoms with Gasteiger partial charge in [-0.1, -0.05) is 12.1 Å². The van der Waals surface area contributed by atoms with Gasteiger partial charge in [0.25, 0.3) is 5.91 Å². The van der Waals surface area contributed by atoms with Crippen molar-refractivity contribution in [3.05, 3.63) is 29.8 Å². The van der Waals surface area contributed by atoms with Crippen molar-refractivity contribution in [1.82, 2.24) is 15.1 Å². The van der Waals surface area contributed by atoms with E-state index in [4.69, 9.17) is 9.47 Å². The summed E-state index contributed by atoms with van der Waals surface area (Å²) in [6.07, 6.45) is 2.28. The van der Waals surface area contributed by atoms with E-state index in [-0.39, 0.29) is 36.7 Å². The van der Waals surface area contributed by atoms with Crippen molar-refractivity contribution in [3.63, 3.8) is 0 Å². The zero-order valence-electron chi connectivity index (χ0n) is 18.0. The third kappa shape index (κ3) is 5.74. The Labute approximate surface area is 181 Å². The molecule has 0 saturated carbocycles. The van der Waals surface area contributed by atoms with Crippen molar-refractivity contribution < 1.29 is 28.7 Å². The number of carbonyl (C=O) groups is 4. The molecule has 0 bridgehead atoms. The number of ether oxygens (including phenoxy) is 2. The van der Waals surface area contributed by atoms with Crippen molar-refractivity contribution in [2.45, 2.75) is 38.1 Å². The van der Waals surface area contributed by atoms with Crippen molar-refractivity contribution in [2.24, 2.45) is 5.92 Å². The summed E-state index contributed by atoms with van der Waals surface area (Å²) in [6, 6.07) is 6.15. The highest BCUT2D eigenvalue weighted by Crippen LogP contribution is 2.22. The molecule has 1 aromatic carbocycles. The van der Waals surface area contributed by atoms with Crippen molar-refractivity contribution in [3.8, 4) is 5.75 Å². The summed E-state index contributed by atoms with van der Waals surface area (Å²) >= 11 is 0. The van der Waals surface area contributed by atoms with Gasteiger partial charge in [-0.2, -0.15) is 0 Å². The van der Waals surface area contributed by atoms with Gasteiger partial charge < -0.3 is 19.7 Å². The largest absolute Gasteiger partial charge is 0.497 e. The number of carbonyl (C=O) groups excluding carboxylic acids is 4. The quantitative estimate of drug-likeness (QED) is 0.492. The fourth-order valence-electron chi connectivity index (χ4n) is 3.97.